The van der Waals surface area contributed by atoms with Crippen LogP contribution in [0, 0.1) is 0 Å². The second kappa shape index (κ2) is 26.9. The fraction of sp³-hybridized carbons (Fsp3) is 0.969. The molecule has 13 nitrogen and oxygen atoms in total. The lowest BCUT2D eigenvalue weighted by Gasteiger charge is -2.26. The third kappa shape index (κ3) is 25.1. The summed E-state index contributed by atoms with van der Waals surface area (Å²) in [4.78, 5) is 10.8. The highest BCUT2D eigenvalue weighted by atomic mass is 32.3. The van der Waals surface area contributed by atoms with Crippen LogP contribution in [0.2, 0.25) is 0 Å². The van der Waals surface area contributed by atoms with Gasteiger partial charge in [0.25, 0.3) is 0 Å². The van der Waals surface area contributed by atoms with Crippen LogP contribution < -0.4 is 5.73 Å². The van der Waals surface area contributed by atoms with E-state index in [2.05, 4.69) is 11.1 Å². The Kier molecular flexibility index (Phi) is 26.4. The predicted molar refractivity (Wildman–Crippen MR) is 173 cm³/mol. The smallest absolute Gasteiger partial charge is 0.246 e. The Balaban J connectivity index is 4.27. The first-order valence-corrected chi connectivity index (χ1v) is 18.7. The Morgan fingerprint density at radius 3 is 1.39 bits per heavy atom. The molecule has 276 valence electrons. The first kappa shape index (κ1) is 45.1. The fourth-order valence-electron chi connectivity index (χ4n) is 5.49. The summed E-state index contributed by atoms with van der Waals surface area (Å²) < 4.78 is 38.3. The fourth-order valence-corrected chi connectivity index (χ4v) is 6.02. The molecule has 0 aromatic carbocycles. The van der Waals surface area contributed by atoms with Gasteiger partial charge in [0, 0.05) is 0 Å². The molecule has 0 saturated heterocycles. The molecule has 0 rings (SSSR count). The third-order valence-electron chi connectivity index (χ3n) is 8.55. The number of amides is 1. The molecular weight excluding hydrogens is 622 g/mol. The van der Waals surface area contributed by atoms with E-state index >= 15 is 0 Å². The van der Waals surface area contributed by atoms with Gasteiger partial charge in [-0.1, -0.05) is 84.0 Å². The maximum absolute atomic E-state index is 11.2. The van der Waals surface area contributed by atoms with Gasteiger partial charge in [0.15, 0.2) is 0 Å². The van der Waals surface area contributed by atoms with Crippen LogP contribution in [0.5, 0.6) is 0 Å². The van der Waals surface area contributed by atoms with Crippen molar-refractivity contribution >= 4 is 16.3 Å². The minimum Gasteiger partial charge on any atom is -0.726 e. The summed E-state index contributed by atoms with van der Waals surface area (Å²) in [6, 6.07) is 0. The van der Waals surface area contributed by atoms with Crippen molar-refractivity contribution in [2.24, 2.45) is 5.73 Å². The van der Waals surface area contributed by atoms with Crippen LogP contribution in [0.25, 0.3) is 0 Å². The van der Waals surface area contributed by atoms with Gasteiger partial charge in [-0.25, -0.2) is 8.42 Å². The second-order valence-electron chi connectivity index (χ2n) is 12.8. The molecule has 9 N–H and O–H groups in total. The van der Waals surface area contributed by atoms with Crippen molar-refractivity contribution in [3.05, 3.63) is 0 Å². The second-order valence-corrected chi connectivity index (χ2v) is 13.8. The maximum Gasteiger partial charge on any atom is 0.246 e. The molecule has 0 aliphatic heterocycles. The third-order valence-corrected chi connectivity index (χ3v) is 9.03. The molecule has 0 spiro atoms. The average molecular weight is 687 g/mol. The number of nitrogens with two attached hydrogens (primary N) is 1. The SMILES string of the molecule is CCCCCC(O)CCCCCCCCCCCC(OS(=O)(=O)[O-])C(O)CCC(O)C(O)CCC(O)C(O)CCCC(O)C(N)=O. The molecule has 0 bridgehead atoms. The summed E-state index contributed by atoms with van der Waals surface area (Å²) in [5, 5.41) is 70.6. The number of unbranched alkanes of at least 4 members (excludes halogenated alkanes) is 10. The van der Waals surface area contributed by atoms with E-state index in [4.69, 9.17) is 5.73 Å². The maximum atomic E-state index is 11.2. The Morgan fingerprint density at radius 1 is 0.565 bits per heavy atom. The predicted octanol–water partition coefficient (Wildman–Crippen LogP) is 2.45. The van der Waals surface area contributed by atoms with Gasteiger partial charge in [0.2, 0.25) is 16.3 Å². The van der Waals surface area contributed by atoms with Gasteiger partial charge in [-0.05, 0) is 64.2 Å². The van der Waals surface area contributed by atoms with Gasteiger partial charge in [-0.15, -0.1) is 0 Å². The molecule has 0 fully saturated rings. The van der Waals surface area contributed by atoms with E-state index in [9.17, 15) is 53.5 Å². The molecule has 8 unspecified atom stereocenters. The molecule has 46 heavy (non-hydrogen) atoms. The molecule has 0 aromatic heterocycles. The van der Waals surface area contributed by atoms with Crippen molar-refractivity contribution in [2.45, 2.75) is 197 Å². The molecule has 0 radical (unpaired) electrons. The van der Waals surface area contributed by atoms with Gasteiger partial charge in [0.1, 0.15) is 12.2 Å². The van der Waals surface area contributed by atoms with E-state index in [-0.39, 0.29) is 57.5 Å². The van der Waals surface area contributed by atoms with Gasteiger partial charge < -0.3 is 46.0 Å². The molecule has 0 aliphatic carbocycles. The zero-order valence-corrected chi connectivity index (χ0v) is 28.6. The van der Waals surface area contributed by atoms with Gasteiger partial charge >= 0.3 is 0 Å². The van der Waals surface area contributed by atoms with E-state index in [0.29, 0.717) is 6.42 Å². The molecule has 8 atom stereocenters. The number of primary amides is 1. The Bertz CT molecular complexity index is 849. The standard InChI is InChI=1S/C32H65NO12S/c1-2-3-11-15-24(34)16-12-9-7-5-4-6-8-10-13-19-31(45-46(42,43)44)29(39)23-22-28(38)27(37)21-20-26(36)25(35)17-14-18-30(40)32(33)41/h24-31,34-40H,2-23H2,1H3,(H2,33,41)(H,42,43,44)/p-1. The molecule has 0 aromatic rings. The molecule has 1 amide bonds. The summed E-state index contributed by atoms with van der Waals surface area (Å²) in [5.74, 6) is -0.876. The van der Waals surface area contributed by atoms with Crippen molar-refractivity contribution in [1.29, 1.82) is 0 Å². The van der Waals surface area contributed by atoms with Gasteiger partial charge in [-0.2, -0.15) is 0 Å². The highest BCUT2D eigenvalue weighted by Crippen LogP contribution is 2.21. The summed E-state index contributed by atoms with van der Waals surface area (Å²) in [6.45, 7) is 2.15. The van der Waals surface area contributed by atoms with Crippen LogP contribution >= 0.6 is 0 Å². The quantitative estimate of drug-likeness (QED) is 0.0289. The van der Waals surface area contributed by atoms with Crippen LogP contribution in [0.4, 0.5) is 0 Å². The number of hydrogen-bond acceptors (Lipinski definition) is 12. The number of carbonyl (C=O) groups excluding carboxylic acids is 1. The normalized spacial score (nSPS) is 17.6. The first-order chi connectivity index (χ1) is 21.7. The van der Waals surface area contributed by atoms with Gasteiger partial charge in [0.05, 0.1) is 36.6 Å². The van der Waals surface area contributed by atoms with Gasteiger partial charge in [-0.3, -0.25) is 8.98 Å². The van der Waals surface area contributed by atoms with Crippen molar-refractivity contribution in [2.75, 3.05) is 0 Å². The summed E-state index contributed by atoms with van der Waals surface area (Å²) in [6.07, 6.45) is 4.84. The van der Waals surface area contributed by atoms with E-state index in [1.54, 1.807) is 0 Å². The van der Waals surface area contributed by atoms with Crippen LogP contribution in [0.3, 0.4) is 0 Å². The van der Waals surface area contributed by atoms with Crippen LogP contribution in [0.1, 0.15) is 148 Å². The molecule has 0 saturated carbocycles. The lowest BCUT2D eigenvalue weighted by Crippen LogP contribution is -2.35. The monoisotopic (exact) mass is 686 g/mol. The number of aliphatic hydroxyl groups is 7. The first-order valence-electron chi connectivity index (χ1n) is 17.4. The van der Waals surface area contributed by atoms with Crippen molar-refractivity contribution < 1.29 is 57.7 Å². The lowest BCUT2D eigenvalue weighted by molar-refractivity contribution is -0.126. The summed E-state index contributed by atoms with van der Waals surface area (Å²) >= 11 is 0. The Morgan fingerprint density at radius 2 is 0.957 bits per heavy atom. The number of hydrogen-bond donors (Lipinski definition) is 8. The van der Waals surface area contributed by atoms with Crippen molar-refractivity contribution in [3.63, 3.8) is 0 Å². The lowest BCUT2D eigenvalue weighted by atomic mass is 9.95. The van der Waals surface area contributed by atoms with Crippen LogP contribution in [-0.4, -0.2) is 103 Å². The summed E-state index contributed by atoms with van der Waals surface area (Å²) in [7, 11) is -5.07. The largest absolute Gasteiger partial charge is 0.726 e. The van der Waals surface area contributed by atoms with Crippen LogP contribution in [-0.2, 0) is 19.4 Å². The molecule has 0 heterocycles. The molecule has 0 aliphatic rings. The van der Waals surface area contributed by atoms with E-state index in [1.165, 1.54) is 6.42 Å². The van der Waals surface area contributed by atoms with Crippen molar-refractivity contribution in [3.8, 4) is 0 Å². The van der Waals surface area contributed by atoms with E-state index in [0.717, 1.165) is 77.0 Å². The van der Waals surface area contributed by atoms with E-state index in [1.807, 2.05) is 0 Å². The zero-order chi connectivity index (χ0) is 35.0. The summed E-state index contributed by atoms with van der Waals surface area (Å²) in [5.41, 5.74) is 4.96. The number of rotatable bonds is 32. The highest BCUT2D eigenvalue weighted by molar-refractivity contribution is 7.80. The Hall–Kier alpha value is -0.940. The Labute approximate surface area is 276 Å². The van der Waals surface area contributed by atoms with Crippen molar-refractivity contribution in [1.82, 2.24) is 0 Å². The average Bonchev–Trinajstić information content (AvgIpc) is 2.99. The highest BCUT2D eigenvalue weighted by Gasteiger charge is 2.26. The minimum atomic E-state index is -5.07. The molecular formula is C32H64NO12S-. The van der Waals surface area contributed by atoms with Crippen LogP contribution in [0.15, 0.2) is 0 Å². The zero-order valence-electron chi connectivity index (χ0n) is 27.8. The number of carbonyl (C=O) groups is 1. The van der Waals surface area contributed by atoms with E-state index < -0.39 is 59.0 Å². The topological polar surface area (TPSA) is 251 Å². The minimum absolute atomic E-state index is 0.0358. The number of aliphatic hydroxyl groups excluding tert-OH is 7. The molecule has 14 heteroatoms.